The molecular formula is C32H26F3NO2S. The minimum atomic E-state index is -4.49. The van der Waals surface area contributed by atoms with Crippen LogP contribution in [0.15, 0.2) is 120 Å². The molecule has 0 aromatic heterocycles. The second-order valence-electron chi connectivity index (χ2n) is 10.1. The monoisotopic (exact) mass is 545 g/mol. The van der Waals surface area contributed by atoms with Crippen LogP contribution < -0.4 is 0 Å². The zero-order chi connectivity index (χ0) is 27.3. The van der Waals surface area contributed by atoms with E-state index in [-0.39, 0.29) is 18.0 Å². The number of alkyl halides is 3. The van der Waals surface area contributed by atoms with Gasteiger partial charge >= 0.3 is 6.18 Å². The lowest BCUT2D eigenvalue weighted by atomic mass is 9.57. The van der Waals surface area contributed by atoms with Gasteiger partial charge in [0.05, 0.1) is 10.5 Å². The topological polar surface area (TPSA) is 37.4 Å². The Morgan fingerprint density at radius 2 is 1.46 bits per heavy atom. The van der Waals surface area contributed by atoms with Crippen LogP contribution in [0.5, 0.6) is 0 Å². The highest BCUT2D eigenvalue weighted by atomic mass is 32.2. The van der Waals surface area contributed by atoms with Crippen molar-refractivity contribution in [1.29, 1.82) is 0 Å². The molecule has 39 heavy (non-hydrogen) atoms. The lowest BCUT2D eigenvalue weighted by Crippen LogP contribution is -2.53. The van der Waals surface area contributed by atoms with E-state index in [1.165, 1.54) is 16.4 Å². The first kappa shape index (κ1) is 25.6. The zero-order valence-corrected chi connectivity index (χ0v) is 21.8. The molecule has 0 saturated carbocycles. The summed E-state index contributed by atoms with van der Waals surface area (Å²) < 4.78 is 70.3. The van der Waals surface area contributed by atoms with Crippen molar-refractivity contribution in [2.75, 3.05) is 13.1 Å². The highest BCUT2D eigenvalue weighted by molar-refractivity contribution is 7.89. The molecule has 0 spiro atoms. The summed E-state index contributed by atoms with van der Waals surface area (Å²) in [5.74, 6) is -0.390. The quantitative estimate of drug-likeness (QED) is 0.273. The van der Waals surface area contributed by atoms with Crippen molar-refractivity contribution in [1.82, 2.24) is 4.31 Å². The van der Waals surface area contributed by atoms with E-state index in [0.29, 0.717) is 12.0 Å². The number of nitrogens with zero attached hydrogens (tertiary/aromatic N) is 1. The van der Waals surface area contributed by atoms with Gasteiger partial charge in [0.1, 0.15) is 0 Å². The van der Waals surface area contributed by atoms with Crippen LogP contribution >= 0.6 is 0 Å². The average Bonchev–Trinajstić information content (AvgIpc) is 2.97. The van der Waals surface area contributed by atoms with Crippen molar-refractivity contribution in [2.24, 2.45) is 5.92 Å². The van der Waals surface area contributed by atoms with E-state index in [9.17, 15) is 21.6 Å². The van der Waals surface area contributed by atoms with E-state index in [0.717, 1.165) is 28.3 Å². The van der Waals surface area contributed by atoms with E-state index in [1.807, 2.05) is 54.6 Å². The minimum Gasteiger partial charge on any atom is -0.207 e. The molecule has 2 aliphatic rings. The summed E-state index contributed by atoms with van der Waals surface area (Å²) in [4.78, 5) is 0.208. The van der Waals surface area contributed by atoms with Crippen LogP contribution in [0.25, 0.3) is 5.57 Å². The van der Waals surface area contributed by atoms with Gasteiger partial charge in [-0.3, -0.25) is 0 Å². The fraction of sp³-hybridized carbons (Fsp3) is 0.188. The van der Waals surface area contributed by atoms with Crippen LogP contribution in [0.4, 0.5) is 13.2 Å². The van der Waals surface area contributed by atoms with E-state index in [4.69, 9.17) is 0 Å². The molecule has 0 unspecified atom stereocenters. The third-order valence-corrected chi connectivity index (χ3v) is 9.90. The van der Waals surface area contributed by atoms with Gasteiger partial charge in [-0.05, 0) is 52.4 Å². The second-order valence-corrected chi connectivity index (χ2v) is 12.0. The van der Waals surface area contributed by atoms with Crippen LogP contribution in [0, 0.1) is 5.92 Å². The van der Waals surface area contributed by atoms with Gasteiger partial charge in [-0.25, -0.2) is 8.42 Å². The fourth-order valence-electron chi connectivity index (χ4n) is 6.20. The zero-order valence-electron chi connectivity index (χ0n) is 21.0. The first-order chi connectivity index (χ1) is 18.7. The fourth-order valence-corrected chi connectivity index (χ4v) is 7.68. The molecule has 0 N–H and O–H groups in total. The Labute approximate surface area is 226 Å². The second kappa shape index (κ2) is 9.50. The normalized spacial score (nSPS) is 21.5. The Bertz CT molecular complexity index is 1650. The van der Waals surface area contributed by atoms with Crippen molar-refractivity contribution in [3.63, 3.8) is 0 Å². The van der Waals surface area contributed by atoms with Crippen molar-refractivity contribution in [3.05, 3.63) is 143 Å². The third kappa shape index (κ3) is 4.30. The number of hydrogen-bond acceptors (Lipinski definition) is 2. The van der Waals surface area contributed by atoms with Gasteiger partial charge in [0.15, 0.2) is 0 Å². The molecule has 0 amide bonds. The number of fused-ring (bicyclic) bond motifs is 3. The molecule has 0 bridgehead atoms. The van der Waals surface area contributed by atoms with Crippen molar-refractivity contribution < 1.29 is 21.6 Å². The summed E-state index contributed by atoms with van der Waals surface area (Å²) in [5.41, 5.74) is 2.84. The average molecular weight is 546 g/mol. The maximum Gasteiger partial charge on any atom is 0.416 e. The Morgan fingerprint density at radius 1 is 0.795 bits per heavy atom. The van der Waals surface area contributed by atoms with Crippen molar-refractivity contribution in [2.45, 2.75) is 22.9 Å². The Hall–Kier alpha value is -3.68. The SMILES string of the molecule is O=S(=O)(c1ccccc1)N1CC[C@]2(c3cccc(C(F)(F)F)c3)c3ccccc3C(c3ccccc3)=C[C@@H]2C1. The Kier molecular flexibility index (Phi) is 6.24. The molecule has 0 radical (unpaired) electrons. The summed E-state index contributed by atoms with van der Waals surface area (Å²) in [7, 11) is -3.79. The van der Waals surface area contributed by atoms with Gasteiger partial charge in [-0.1, -0.05) is 97.1 Å². The number of halogens is 3. The maximum atomic E-state index is 13.8. The Balaban J connectivity index is 1.56. The molecule has 1 saturated heterocycles. The smallest absolute Gasteiger partial charge is 0.207 e. The molecule has 4 aromatic carbocycles. The summed E-state index contributed by atoms with van der Waals surface area (Å²) in [6, 6.07) is 31.5. The lowest BCUT2D eigenvalue weighted by Gasteiger charge is -2.50. The molecule has 198 valence electrons. The van der Waals surface area contributed by atoms with Crippen LogP contribution in [0.3, 0.4) is 0 Å². The van der Waals surface area contributed by atoms with Crippen molar-refractivity contribution >= 4 is 15.6 Å². The molecule has 2 atom stereocenters. The van der Waals surface area contributed by atoms with E-state index in [1.54, 1.807) is 36.4 Å². The largest absolute Gasteiger partial charge is 0.416 e. The van der Waals surface area contributed by atoms with Gasteiger partial charge in [0.2, 0.25) is 10.0 Å². The predicted molar refractivity (Wildman–Crippen MR) is 145 cm³/mol. The van der Waals surface area contributed by atoms with Gasteiger partial charge in [0.25, 0.3) is 0 Å². The lowest BCUT2D eigenvalue weighted by molar-refractivity contribution is -0.137. The molecular weight excluding hydrogens is 519 g/mol. The third-order valence-electron chi connectivity index (χ3n) is 8.03. The van der Waals surface area contributed by atoms with Gasteiger partial charge in [0, 0.05) is 24.4 Å². The molecule has 1 fully saturated rings. The van der Waals surface area contributed by atoms with Crippen LogP contribution in [-0.2, 0) is 21.6 Å². The number of sulfonamides is 1. The molecule has 7 heteroatoms. The summed E-state index contributed by atoms with van der Waals surface area (Å²) in [6.07, 6.45) is -2.07. The number of benzene rings is 4. The van der Waals surface area contributed by atoms with E-state index in [2.05, 4.69) is 6.08 Å². The minimum absolute atomic E-state index is 0.151. The van der Waals surface area contributed by atoms with E-state index < -0.39 is 33.1 Å². The van der Waals surface area contributed by atoms with E-state index >= 15 is 0 Å². The number of hydrogen-bond donors (Lipinski definition) is 0. The van der Waals surface area contributed by atoms with Gasteiger partial charge < -0.3 is 0 Å². The standard InChI is InChI=1S/C32H26F3NO2S/c33-32(34,35)25-13-9-12-24(20-25)31-18-19-36(39(37,38)27-14-5-2-6-15-27)22-26(31)21-29(23-10-3-1-4-11-23)28-16-7-8-17-30(28)31/h1-17,20-21,26H,18-19,22H2/t26-,31-/m1/s1. The molecule has 3 nitrogen and oxygen atoms in total. The van der Waals surface area contributed by atoms with Gasteiger partial charge in [-0.15, -0.1) is 0 Å². The number of rotatable bonds is 4. The molecule has 4 aromatic rings. The summed E-state index contributed by atoms with van der Waals surface area (Å²) >= 11 is 0. The van der Waals surface area contributed by atoms with Crippen LogP contribution in [0.1, 0.15) is 34.2 Å². The highest BCUT2D eigenvalue weighted by Crippen LogP contribution is 2.53. The molecule has 1 aliphatic heterocycles. The van der Waals surface area contributed by atoms with Crippen LogP contribution in [0.2, 0.25) is 0 Å². The maximum absolute atomic E-state index is 13.8. The molecule has 1 heterocycles. The first-order valence-corrected chi connectivity index (χ1v) is 14.3. The highest BCUT2D eigenvalue weighted by Gasteiger charge is 2.50. The van der Waals surface area contributed by atoms with Crippen molar-refractivity contribution in [3.8, 4) is 0 Å². The molecule has 6 rings (SSSR count). The predicted octanol–water partition coefficient (Wildman–Crippen LogP) is 7.15. The molecule has 1 aliphatic carbocycles. The summed E-state index contributed by atoms with van der Waals surface area (Å²) in [5, 5.41) is 0. The number of piperidine rings is 1. The van der Waals surface area contributed by atoms with Crippen LogP contribution in [-0.4, -0.2) is 25.8 Å². The first-order valence-electron chi connectivity index (χ1n) is 12.8. The Morgan fingerprint density at radius 3 is 2.18 bits per heavy atom. The van der Waals surface area contributed by atoms with Gasteiger partial charge in [-0.2, -0.15) is 17.5 Å². The summed E-state index contributed by atoms with van der Waals surface area (Å²) in [6.45, 7) is 0.338.